The van der Waals surface area contributed by atoms with Crippen LogP contribution < -0.4 is 0 Å². The Labute approximate surface area is 119 Å². The van der Waals surface area contributed by atoms with Crippen LogP contribution in [0.4, 0.5) is 0 Å². The smallest absolute Gasteiger partial charge is 0.322 e. The van der Waals surface area contributed by atoms with E-state index < -0.39 is 30.3 Å². The van der Waals surface area contributed by atoms with Crippen molar-refractivity contribution in [1.29, 1.82) is 0 Å². The number of rotatable bonds is 2. The number of nitrogens with zero attached hydrogens (tertiary/aromatic N) is 1. The SMILES string of the molecule is CC(=O)O[C@H]1OC(=O)[C@@H]2C(c3ccccc3Cl)=NO[C@H]12. The number of halogens is 1. The number of cyclic esters (lactones) is 1. The highest BCUT2D eigenvalue weighted by atomic mass is 35.5. The number of carbonyl (C=O) groups excluding carboxylic acids is 2. The van der Waals surface area contributed by atoms with Crippen molar-refractivity contribution in [2.24, 2.45) is 11.1 Å². The largest absolute Gasteiger partial charge is 0.421 e. The second kappa shape index (κ2) is 4.79. The number of carbonyl (C=O) groups is 2. The summed E-state index contributed by atoms with van der Waals surface area (Å²) in [7, 11) is 0. The van der Waals surface area contributed by atoms with Gasteiger partial charge in [0.15, 0.2) is 0 Å². The molecule has 3 rings (SSSR count). The quantitative estimate of drug-likeness (QED) is 0.773. The molecule has 2 aliphatic heterocycles. The fourth-order valence-electron chi connectivity index (χ4n) is 2.24. The molecule has 0 unspecified atom stereocenters. The third-order valence-electron chi connectivity index (χ3n) is 3.08. The summed E-state index contributed by atoms with van der Waals surface area (Å²) in [6, 6.07) is 6.98. The first-order valence-corrected chi connectivity index (χ1v) is 6.32. The Balaban J connectivity index is 1.90. The minimum atomic E-state index is -1.08. The zero-order valence-electron chi connectivity index (χ0n) is 10.4. The van der Waals surface area contributed by atoms with E-state index in [2.05, 4.69) is 5.16 Å². The summed E-state index contributed by atoms with van der Waals surface area (Å²) >= 11 is 6.09. The van der Waals surface area contributed by atoms with Gasteiger partial charge in [-0.25, -0.2) is 0 Å². The number of hydrogen-bond donors (Lipinski definition) is 0. The van der Waals surface area contributed by atoms with E-state index in [0.29, 0.717) is 16.3 Å². The maximum absolute atomic E-state index is 11.9. The molecule has 20 heavy (non-hydrogen) atoms. The Morgan fingerprint density at radius 3 is 2.85 bits per heavy atom. The van der Waals surface area contributed by atoms with Crippen LogP contribution in [0, 0.1) is 5.92 Å². The molecule has 7 heteroatoms. The van der Waals surface area contributed by atoms with Gasteiger partial charge in [0, 0.05) is 17.5 Å². The summed E-state index contributed by atoms with van der Waals surface area (Å²) in [6.07, 6.45) is -1.84. The van der Waals surface area contributed by atoms with Crippen molar-refractivity contribution in [3.05, 3.63) is 34.9 Å². The van der Waals surface area contributed by atoms with Crippen molar-refractivity contribution in [3.8, 4) is 0 Å². The zero-order chi connectivity index (χ0) is 14.3. The molecule has 0 amide bonds. The first-order chi connectivity index (χ1) is 9.58. The number of hydrogen-bond acceptors (Lipinski definition) is 6. The van der Waals surface area contributed by atoms with Crippen molar-refractivity contribution < 1.29 is 23.9 Å². The van der Waals surface area contributed by atoms with Gasteiger partial charge >= 0.3 is 11.9 Å². The van der Waals surface area contributed by atoms with E-state index in [-0.39, 0.29) is 0 Å². The molecule has 6 nitrogen and oxygen atoms in total. The highest BCUT2D eigenvalue weighted by molar-refractivity contribution is 6.35. The van der Waals surface area contributed by atoms with Crippen LogP contribution in [0.15, 0.2) is 29.4 Å². The monoisotopic (exact) mass is 295 g/mol. The second-order valence-corrected chi connectivity index (χ2v) is 4.83. The average molecular weight is 296 g/mol. The molecule has 1 saturated heterocycles. The molecule has 0 aromatic heterocycles. The maximum atomic E-state index is 11.9. The van der Waals surface area contributed by atoms with Crippen LogP contribution in [0.2, 0.25) is 5.02 Å². The molecule has 2 aliphatic rings. The minimum Gasteiger partial charge on any atom is -0.421 e. The lowest BCUT2D eigenvalue weighted by Crippen LogP contribution is -2.31. The van der Waals surface area contributed by atoms with Crippen LogP contribution in [0.5, 0.6) is 0 Å². The van der Waals surface area contributed by atoms with Crippen molar-refractivity contribution in [1.82, 2.24) is 0 Å². The van der Waals surface area contributed by atoms with Gasteiger partial charge in [-0.15, -0.1) is 0 Å². The van der Waals surface area contributed by atoms with Gasteiger partial charge in [0.2, 0.25) is 6.10 Å². The average Bonchev–Trinajstić information content (AvgIpc) is 2.93. The third kappa shape index (κ3) is 2.02. The van der Waals surface area contributed by atoms with Crippen LogP contribution in [-0.2, 0) is 23.9 Å². The summed E-state index contributed by atoms with van der Waals surface area (Å²) in [6.45, 7) is 1.23. The molecule has 104 valence electrons. The Morgan fingerprint density at radius 1 is 1.40 bits per heavy atom. The second-order valence-electron chi connectivity index (χ2n) is 4.42. The van der Waals surface area contributed by atoms with E-state index in [9.17, 15) is 9.59 Å². The lowest BCUT2D eigenvalue weighted by molar-refractivity contribution is -0.188. The lowest BCUT2D eigenvalue weighted by Gasteiger charge is -2.13. The Kier molecular flexibility index (Phi) is 3.10. The van der Waals surface area contributed by atoms with Gasteiger partial charge in [0.05, 0.1) is 0 Å². The third-order valence-corrected chi connectivity index (χ3v) is 3.41. The van der Waals surface area contributed by atoms with E-state index in [0.717, 1.165) is 0 Å². The van der Waals surface area contributed by atoms with Crippen LogP contribution in [0.3, 0.4) is 0 Å². The van der Waals surface area contributed by atoms with Crippen LogP contribution >= 0.6 is 11.6 Å². The molecule has 1 fully saturated rings. The number of benzene rings is 1. The fraction of sp³-hybridized carbons (Fsp3) is 0.308. The minimum absolute atomic E-state index is 0.389. The molecule has 2 heterocycles. The van der Waals surface area contributed by atoms with Gasteiger partial charge in [-0.2, -0.15) is 0 Å². The molecule has 0 aliphatic carbocycles. The van der Waals surface area contributed by atoms with Gasteiger partial charge in [0.25, 0.3) is 6.29 Å². The summed E-state index contributed by atoms with van der Waals surface area (Å²) in [5.41, 5.74) is 0.988. The molecule has 0 radical (unpaired) electrons. The number of ether oxygens (including phenoxy) is 2. The number of fused-ring (bicyclic) bond motifs is 1. The molecular formula is C13H10ClNO5. The summed E-state index contributed by atoms with van der Waals surface area (Å²) in [5, 5.41) is 4.36. The Hall–Kier alpha value is -2.08. The van der Waals surface area contributed by atoms with E-state index in [4.69, 9.17) is 25.9 Å². The highest BCUT2D eigenvalue weighted by Gasteiger charge is 2.55. The van der Waals surface area contributed by atoms with E-state index in [1.54, 1.807) is 24.3 Å². The zero-order valence-corrected chi connectivity index (χ0v) is 11.2. The molecule has 0 N–H and O–H groups in total. The standard InChI is InChI=1S/C13H10ClNO5/c1-6(16)18-13-11-9(12(17)19-13)10(15-20-11)7-4-2-3-5-8(7)14/h2-5,9,11,13H,1H3/t9-,11+,13+/m1/s1. The summed E-state index contributed by atoms with van der Waals surface area (Å²) in [5.74, 6) is -1.84. The van der Waals surface area contributed by atoms with E-state index in [1.807, 2.05) is 0 Å². The normalized spacial score (nSPS) is 27.4. The van der Waals surface area contributed by atoms with E-state index >= 15 is 0 Å². The maximum Gasteiger partial charge on any atom is 0.322 e. The number of oxime groups is 1. The first-order valence-electron chi connectivity index (χ1n) is 5.94. The topological polar surface area (TPSA) is 74.2 Å². The summed E-state index contributed by atoms with van der Waals surface area (Å²) < 4.78 is 9.90. The van der Waals surface area contributed by atoms with Gasteiger partial charge in [-0.05, 0) is 6.07 Å². The van der Waals surface area contributed by atoms with Crippen LogP contribution in [0.1, 0.15) is 12.5 Å². The predicted octanol–water partition coefficient (Wildman–Crippen LogP) is 1.51. The van der Waals surface area contributed by atoms with Gasteiger partial charge in [-0.3, -0.25) is 9.59 Å². The molecule has 0 saturated carbocycles. The highest BCUT2D eigenvalue weighted by Crippen LogP contribution is 2.35. The lowest BCUT2D eigenvalue weighted by atomic mass is 9.94. The Bertz CT molecular complexity index is 615. The van der Waals surface area contributed by atoms with Gasteiger partial charge in [-0.1, -0.05) is 35.0 Å². The van der Waals surface area contributed by atoms with Crippen molar-refractivity contribution in [2.75, 3.05) is 0 Å². The van der Waals surface area contributed by atoms with Crippen molar-refractivity contribution >= 4 is 29.3 Å². The van der Waals surface area contributed by atoms with Crippen molar-refractivity contribution in [2.45, 2.75) is 19.3 Å². The molecule has 0 spiro atoms. The van der Waals surface area contributed by atoms with Crippen LogP contribution in [-0.4, -0.2) is 30.0 Å². The first kappa shape index (κ1) is 12.9. The molecule has 1 aromatic rings. The van der Waals surface area contributed by atoms with Crippen LogP contribution in [0.25, 0.3) is 0 Å². The summed E-state index contributed by atoms with van der Waals surface area (Å²) in [4.78, 5) is 28.1. The number of esters is 2. The van der Waals surface area contributed by atoms with Gasteiger partial charge in [0.1, 0.15) is 11.6 Å². The molecule has 0 bridgehead atoms. The molecule has 1 aromatic carbocycles. The van der Waals surface area contributed by atoms with E-state index in [1.165, 1.54) is 6.92 Å². The molecule has 3 atom stereocenters. The predicted molar refractivity (Wildman–Crippen MR) is 68.0 cm³/mol. The fourth-order valence-corrected chi connectivity index (χ4v) is 2.47. The molecular weight excluding hydrogens is 286 g/mol. The Morgan fingerprint density at radius 2 is 2.15 bits per heavy atom. The van der Waals surface area contributed by atoms with Gasteiger partial charge < -0.3 is 14.3 Å². The van der Waals surface area contributed by atoms with Crippen molar-refractivity contribution in [3.63, 3.8) is 0 Å².